The topological polar surface area (TPSA) is 94.9 Å². The minimum Gasteiger partial charge on any atom is -0.480 e. The molecule has 72 valence electrons. The van der Waals surface area contributed by atoms with Crippen LogP contribution in [0.4, 0.5) is 0 Å². The molecule has 1 heterocycles. The van der Waals surface area contributed by atoms with Crippen molar-refractivity contribution in [3.63, 3.8) is 0 Å². The monoisotopic (exact) mass is 187 g/mol. The lowest BCUT2D eigenvalue weighted by molar-refractivity contribution is -0.155. The van der Waals surface area contributed by atoms with Gasteiger partial charge in [-0.1, -0.05) is 0 Å². The molecule has 13 heavy (non-hydrogen) atoms. The number of nitrogens with zero attached hydrogens (tertiary/aromatic N) is 1. The Hall–Kier alpha value is -1.43. The summed E-state index contributed by atoms with van der Waals surface area (Å²) in [6.07, 6.45) is 0.0607. The average molecular weight is 187 g/mol. The minimum absolute atomic E-state index is 0.0304. The number of hydrogen-bond donors (Lipinski definition) is 2. The van der Waals surface area contributed by atoms with Crippen LogP contribution in [0.1, 0.15) is 12.8 Å². The zero-order chi connectivity index (χ0) is 10.0. The molecule has 1 aliphatic heterocycles. The predicted molar refractivity (Wildman–Crippen MR) is 39.6 cm³/mol. The van der Waals surface area contributed by atoms with Crippen molar-refractivity contribution >= 4 is 17.8 Å². The number of aliphatic hydroxyl groups excluding tert-OH is 1. The number of carboxylic acid groups (broad SMARTS) is 1. The van der Waals surface area contributed by atoms with E-state index in [-0.39, 0.29) is 12.8 Å². The molecule has 1 aliphatic rings. The van der Waals surface area contributed by atoms with Crippen molar-refractivity contribution in [2.75, 3.05) is 6.61 Å². The molecule has 1 fully saturated rings. The molecule has 1 atom stereocenters. The Labute approximate surface area is 73.8 Å². The first-order valence-electron chi connectivity index (χ1n) is 3.76. The van der Waals surface area contributed by atoms with Crippen molar-refractivity contribution in [1.82, 2.24) is 4.90 Å². The standard InChI is InChI=1S/C7H9NO5/c9-3-4(7(12)13)8-5(10)1-2-6(8)11/h4,9H,1-3H2,(H,12,13)/t4-/m1/s1. The summed E-state index contributed by atoms with van der Waals surface area (Å²) in [5.74, 6) is -2.44. The Morgan fingerprint density at radius 1 is 1.38 bits per heavy atom. The fraction of sp³-hybridized carbons (Fsp3) is 0.571. The number of imide groups is 1. The highest BCUT2D eigenvalue weighted by molar-refractivity contribution is 6.04. The maximum atomic E-state index is 11.0. The molecule has 0 aliphatic carbocycles. The first-order valence-corrected chi connectivity index (χ1v) is 3.76. The molecule has 0 saturated carbocycles. The van der Waals surface area contributed by atoms with Gasteiger partial charge in [-0.05, 0) is 0 Å². The summed E-state index contributed by atoms with van der Waals surface area (Å²) in [5.41, 5.74) is 0. The van der Waals surface area contributed by atoms with Crippen LogP contribution in [0.25, 0.3) is 0 Å². The lowest BCUT2D eigenvalue weighted by Crippen LogP contribution is -2.46. The molecule has 0 spiro atoms. The van der Waals surface area contributed by atoms with E-state index in [1.54, 1.807) is 0 Å². The maximum Gasteiger partial charge on any atom is 0.329 e. The fourth-order valence-electron chi connectivity index (χ4n) is 1.21. The number of rotatable bonds is 3. The van der Waals surface area contributed by atoms with Gasteiger partial charge < -0.3 is 10.2 Å². The Balaban J connectivity index is 2.84. The van der Waals surface area contributed by atoms with Crippen molar-refractivity contribution in [2.24, 2.45) is 0 Å². The Kier molecular flexibility index (Phi) is 2.62. The second-order valence-corrected chi connectivity index (χ2v) is 2.69. The number of carboxylic acids is 1. The Morgan fingerprint density at radius 3 is 2.15 bits per heavy atom. The molecule has 2 N–H and O–H groups in total. The van der Waals surface area contributed by atoms with Crippen LogP contribution in [-0.4, -0.2) is 45.5 Å². The molecule has 6 heteroatoms. The van der Waals surface area contributed by atoms with Crippen molar-refractivity contribution in [2.45, 2.75) is 18.9 Å². The van der Waals surface area contributed by atoms with Crippen molar-refractivity contribution in [3.8, 4) is 0 Å². The average Bonchev–Trinajstić information content (AvgIpc) is 2.36. The molecule has 0 aromatic heterocycles. The van der Waals surface area contributed by atoms with Gasteiger partial charge >= 0.3 is 5.97 Å². The number of carbonyl (C=O) groups excluding carboxylic acids is 2. The number of carbonyl (C=O) groups is 3. The molecule has 0 radical (unpaired) electrons. The zero-order valence-corrected chi connectivity index (χ0v) is 6.77. The van der Waals surface area contributed by atoms with Gasteiger partial charge in [0.15, 0.2) is 6.04 Å². The van der Waals surface area contributed by atoms with Crippen molar-refractivity contribution in [3.05, 3.63) is 0 Å². The zero-order valence-electron chi connectivity index (χ0n) is 6.77. The molecule has 0 aromatic rings. The van der Waals surface area contributed by atoms with E-state index in [1.807, 2.05) is 0 Å². The van der Waals surface area contributed by atoms with Crippen LogP contribution in [0.3, 0.4) is 0 Å². The molecule has 6 nitrogen and oxygen atoms in total. The van der Waals surface area contributed by atoms with Crippen molar-refractivity contribution < 1.29 is 24.6 Å². The summed E-state index contributed by atoms with van der Waals surface area (Å²) in [4.78, 5) is 33.2. The summed E-state index contributed by atoms with van der Waals surface area (Å²) >= 11 is 0. The minimum atomic E-state index is -1.43. The third-order valence-electron chi connectivity index (χ3n) is 1.86. The van der Waals surface area contributed by atoms with Gasteiger partial charge in [0.1, 0.15) is 0 Å². The van der Waals surface area contributed by atoms with Crippen LogP contribution >= 0.6 is 0 Å². The second-order valence-electron chi connectivity index (χ2n) is 2.69. The van der Waals surface area contributed by atoms with Crippen LogP contribution in [0.15, 0.2) is 0 Å². The smallest absolute Gasteiger partial charge is 0.329 e. The summed E-state index contributed by atoms with van der Waals surface area (Å²) in [5, 5.41) is 17.2. The third-order valence-corrected chi connectivity index (χ3v) is 1.86. The van der Waals surface area contributed by atoms with Crippen molar-refractivity contribution in [1.29, 1.82) is 0 Å². The molecule has 2 amide bonds. The second kappa shape index (κ2) is 3.53. The molecular weight excluding hydrogens is 178 g/mol. The quantitative estimate of drug-likeness (QED) is 0.529. The fourth-order valence-corrected chi connectivity index (χ4v) is 1.21. The summed E-state index contributed by atoms with van der Waals surface area (Å²) in [6, 6.07) is -1.43. The number of hydrogen-bond acceptors (Lipinski definition) is 4. The Morgan fingerprint density at radius 2 is 1.85 bits per heavy atom. The highest BCUT2D eigenvalue weighted by Gasteiger charge is 2.38. The van der Waals surface area contributed by atoms with Gasteiger partial charge in [0.25, 0.3) is 0 Å². The van der Waals surface area contributed by atoms with Gasteiger partial charge in [0.05, 0.1) is 6.61 Å². The van der Waals surface area contributed by atoms with E-state index in [0.717, 1.165) is 0 Å². The van der Waals surface area contributed by atoms with E-state index in [0.29, 0.717) is 4.90 Å². The highest BCUT2D eigenvalue weighted by atomic mass is 16.4. The number of likely N-dealkylation sites (tertiary alicyclic amines) is 1. The van der Waals surface area contributed by atoms with E-state index < -0.39 is 30.4 Å². The first-order chi connectivity index (χ1) is 6.07. The molecule has 1 rings (SSSR count). The number of aliphatic carboxylic acids is 1. The lowest BCUT2D eigenvalue weighted by Gasteiger charge is -2.19. The molecular formula is C7H9NO5. The highest BCUT2D eigenvalue weighted by Crippen LogP contribution is 2.15. The predicted octanol–water partition coefficient (Wildman–Crippen LogP) is -1.42. The summed E-state index contributed by atoms with van der Waals surface area (Å²) in [6.45, 7) is -0.743. The van der Waals surface area contributed by atoms with Gasteiger partial charge in [-0.3, -0.25) is 14.5 Å². The van der Waals surface area contributed by atoms with E-state index in [1.165, 1.54) is 0 Å². The SMILES string of the molecule is O=C(O)[C@@H](CO)N1C(=O)CCC1=O. The summed E-state index contributed by atoms with van der Waals surface area (Å²) < 4.78 is 0. The molecule has 0 bridgehead atoms. The van der Waals surface area contributed by atoms with Crippen LogP contribution in [0.2, 0.25) is 0 Å². The maximum absolute atomic E-state index is 11.0. The van der Waals surface area contributed by atoms with Gasteiger partial charge in [-0.2, -0.15) is 0 Å². The van der Waals surface area contributed by atoms with E-state index in [4.69, 9.17) is 10.2 Å². The van der Waals surface area contributed by atoms with Gasteiger partial charge in [0, 0.05) is 12.8 Å². The van der Waals surface area contributed by atoms with E-state index in [9.17, 15) is 14.4 Å². The van der Waals surface area contributed by atoms with Gasteiger partial charge in [-0.15, -0.1) is 0 Å². The lowest BCUT2D eigenvalue weighted by atomic mass is 10.3. The first kappa shape index (κ1) is 9.66. The number of amides is 2. The number of aliphatic hydroxyl groups is 1. The van der Waals surface area contributed by atoms with Crippen LogP contribution in [-0.2, 0) is 14.4 Å². The third kappa shape index (κ3) is 1.67. The Bertz CT molecular complexity index is 246. The largest absolute Gasteiger partial charge is 0.480 e. The normalized spacial score (nSPS) is 19.3. The molecule has 1 saturated heterocycles. The molecule has 0 unspecified atom stereocenters. The van der Waals surface area contributed by atoms with E-state index >= 15 is 0 Å². The van der Waals surface area contributed by atoms with Gasteiger partial charge in [0.2, 0.25) is 11.8 Å². The van der Waals surface area contributed by atoms with E-state index in [2.05, 4.69) is 0 Å². The molecule has 0 aromatic carbocycles. The van der Waals surface area contributed by atoms with Crippen LogP contribution in [0.5, 0.6) is 0 Å². The van der Waals surface area contributed by atoms with Crippen LogP contribution in [0, 0.1) is 0 Å². The van der Waals surface area contributed by atoms with Crippen LogP contribution < -0.4 is 0 Å². The summed E-state index contributed by atoms with van der Waals surface area (Å²) in [7, 11) is 0. The van der Waals surface area contributed by atoms with Gasteiger partial charge in [-0.25, -0.2) is 4.79 Å².